The Morgan fingerprint density at radius 1 is 1.15 bits per heavy atom. The molecule has 1 atom stereocenters. The van der Waals surface area contributed by atoms with E-state index in [1.165, 1.54) is 20.9 Å². The zero-order valence-electron chi connectivity index (χ0n) is 14.8. The van der Waals surface area contributed by atoms with Crippen molar-refractivity contribution in [2.24, 2.45) is 0 Å². The van der Waals surface area contributed by atoms with Gasteiger partial charge in [0.2, 0.25) is 5.91 Å². The van der Waals surface area contributed by atoms with Gasteiger partial charge in [-0.1, -0.05) is 12.1 Å². The quantitative estimate of drug-likeness (QED) is 0.591. The Morgan fingerprint density at radius 3 is 3.00 bits per heavy atom. The van der Waals surface area contributed by atoms with Crippen LogP contribution in [0.3, 0.4) is 0 Å². The number of hydrogen-bond acceptors (Lipinski definition) is 4. The van der Waals surface area contributed by atoms with Crippen LogP contribution < -0.4 is 4.74 Å². The van der Waals surface area contributed by atoms with Crippen LogP contribution >= 0.6 is 22.7 Å². The minimum atomic E-state index is 0.0329. The van der Waals surface area contributed by atoms with E-state index in [0.717, 1.165) is 37.3 Å². The third-order valence-electron chi connectivity index (χ3n) is 5.19. The molecule has 0 fully saturated rings. The molecule has 27 heavy (non-hydrogen) atoms. The van der Waals surface area contributed by atoms with Crippen molar-refractivity contribution in [3.8, 4) is 5.75 Å². The van der Waals surface area contributed by atoms with Gasteiger partial charge in [-0.05, 0) is 64.2 Å². The highest BCUT2D eigenvalue weighted by Gasteiger charge is 2.32. The van der Waals surface area contributed by atoms with E-state index in [4.69, 9.17) is 4.74 Å². The number of amides is 1. The van der Waals surface area contributed by atoms with E-state index in [9.17, 15) is 4.79 Å². The van der Waals surface area contributed by atoms with Gasteiger partial charge in [-0.15, -0.1) is 22.7 Å². The van der Waals surface area contributed by atoms with Crippen molar-refractivity contribution in [2.75, 3.05) is 13.2 Å². The van der Waals surface area contributed by atoms with Crippen LogP contribution in [-0.4, -0.2) is 24.0 Å². The monoisotopic (exact) mass is 393 g/mol. The lowest BCUT2D eigenvalue weighted by atomic mass is 9.98. The van der Waals surface area contributed by atoms with Crippen molar-refractivity contribution >= 4 is 34.7 Å². The number of ether oxygens (including phenoxy) is 1. The molecule has 5 heteroatoms. The summed E-state index contributed by atoms with van der Waals surface area (Å²) >= 11 is 3.52. The molecule has 136 valence electrons. The first kappa shape index (κ1) is 16.8. The standard InChI is InChI=1S/C22H19NO2S2/c24-21(6-4-15-3-5-18-16(14-15)8-11-25-18)23-10-7-19-17(9-13-27-19)22(23)20-2-1-12-26-20/h1-6,9,12-14,22H,7-8,10-11H2/b6-4-. The number of carbonyl (C=O) groups is 1. The second-order valence-electron chi connectivity index (χ2n) is 6.80. The summed E-state index contributed by atoms with van der Waals surface area (Å²) < 4.78 is 5.56. The van der Waals surface area contributed by atoms with Crippen molar-refractivity contribution < 1.29 is 9.53 Å². The van der Waals surface area contributed by atoms with Gasteiger partial charge in [-0.3, -0.25) is 4.79 Å². The number of carbonyl (C=O) groups excluding carboxylic acids is 1. The normalized spacial score (nSPS) is 18.4. The molecule has 0 saturated heterocycles. The smallest absolute Gasteiger partial charge is 0.247 e. The summed E-state index contributed by atoms with van der Waals surface area (Å²) in [5, 5.41) is 4.22. The van der Waals surface area contributed by atoms with E-state index in [1.54, 1.807) is 28.7 Å². The average Bonchev–Trinajstić information content (AvgIpc) is 3.45. The van der Waals surface area contributed by atoms with E-state index in [2.05, 4.69) is 35.0 Å². The van der Waals surface area contributed by atoms with Gasteiger partial charge in [-0.2, -0.15) is 0 Å². The first-order chi connectivity index (χ1) is 13.3. The highest BCUT2D eigenvalue weighted by Crippen LogP contribution is 2.39. The molecular formula is C22H19NO2S2. The predicted octanol–water partition coefficient (Wildman–Crippen LogP) is 4.93. The summed E-state index contributed by atoms with van der Waals surface area (Å²) in [4.78, 5) is 17.7. The Morgan fingerprint density at radius 2 is 2.11 bits per heavy atom. The molecule has 2 aliphatic heterocycles. The van der Waals surface area contributed by atoms with Crippen molar-refractivity contribution in [3.63, 3.8) is 0 Å². The number of nitrogens with zero attached hydrogens (tertiary/aromatic N) is 1. The Hall–Kier alpha value is -2.37. The topological polar surface area (TPSA) is 29.5 Å². The van der Waals surface area contributed by atoms with Crippen LogP contribution in [0.15, 0.2) is 53.2 Å². The zero-order valence-corrected chi connectivity index (χ0v) is 16.4. The van der Waals surface area contributed by atoms with Crippen LogP contribution in [0.25, 0.3) is 6.08 Å². The molecule has 0 bridgehead atoms. The highest BCUT2D eigenvalue weighted by molar-refractivity contribution is 7.10. The molecule has 0 N–H and O–H groups in total. The van der Waals surface area contributed by atoms with Crippen LogP contribution in [-0.2, 0) is 17.6 Å². The van der Waals surface area contributed by atoms with Crippen molar-refractivity contribution in [2.45, 2.75) is 18.9 Å². The fourth-order valence-corrected chi connectivity index (χ4v) is 5.64. The van der Waals surface area contributed by atoms with Gasteiger partial charge in [0.15, 0.2) is 0 Å². The highest BCUT2D eigenvalue weighted by atomic mass is 32.1. The largest absolute Gasteiger partial charge is 0.493 e. The second kappa shape index (κ2) is 6.98. The molecule has 0 spiro atoms. The van der Waals surface area contributed by atoms with Gasteiger partial charge in [0, 0.05) is 28.8 Å². The summed E-state index contributed by atoms with van der Waals surface area (Å²) in [6, 6.07) is 12.5. The van der Waals surface area contributed by atoms with E-state index >= 15 is 0 Å². The van der Waals surface area contributed by atoms with Gasteiger partial charge in [0.1, 0.15) is 5.75 Å². The zero-order chi connectivity index (χ0) is 18.2. The Labute approximate surface area is 166 Å². The summed E-state index contributed by atoms with van der Waals surface area (Å²) in [7, 11) is 0. The van der Waals surface area contributed by atoms with Gasteiger partial charge in [0.25, 0.3) is 0 Å². The maximum absolute atomic E-state index is 13.1. The fraction of sp³-hybridized carbons (Fsp3) is 0.227. The maximum Gasteiger partial charge on any atom is 0.247 e. The van der Waals surface area contributed by atoms with Crippen molar-refractivity contribution in [1.29, 1.82) is 0 Å². The molecule has 1 amide bonds. The minimum Gasteiger partial charge on any atom is -0.493 e. The van der Waals surface area contributed by atoms with Gasteiger partial charge >= 0.3 is 0 Å². The number of benzene rings is 1. The number of rotatable bonds is 3. The molecule has 0 radical (unpaired) electrons. The number of thiophene rings is 2. The molecule has 2 aliphatic rings. The molecule has 1 aromatic carbocycles. The van der Waals surface area contributed by atoms with Crippen LogP contribution in [0.1, 0.15) is 32.5 Å². The molecule has 4 heterocycles. The first-order valence-corrected chi connectivity index (χ1v) is 10.9. The van der Waals surface area contributed by atoms with E-state index in [0.29, 0.717) is 0 Å². The SMILES string of the molecule is O=C(/C=C\c1ccc2c(c1)CCO2)N1CCc2sccc2C1c1cccs1. The lowest BCUT2D eigenvalue weighted by Crippen LogP contribution is -2.38. The van der Waals surface area contributed by atoms with Crippen LogP contribution in [0.2, 0.25) is 0 Å². The average molecular weight is 394 g/mol. The van der Waals surface area contributed by atoms with E-state index < -0.39 is 0 Å². The maximum atomic E-state index is 13.1. The third-order valence-corrected chi connectivity index (χ3v) is 7.11. The lowest BCUT2D eigenvalue weighted by Gasteiger charge is -2.34. The molecule has 2 aromatic heterocycles. The summed E-state index contributed by atoms with van der Waals surface area (Å²) in [6.07, 6.45) is 5.52. The van der Waals surface area contributed by atoms with Crippen LogP contribution in [0.5, 0.6) is 5.75 Å². The Kier molecular flexibility index (Phi) is 4.34. The molecule has 0 aliphatic carbocycles. The number of hydrogen-bond donors (Lipinski definition) is 0. The minimum absolute atomic E-state index is 0.0329. The number of fused-ring (bicyclic) bond motifs is 2. The second-order valence-corrected chi connectivity index (χ2v) is 8.78. The van der Waals surface area contributed by atoms with Crippen molar-refractivity contribution in [3.05, 3.63) is 79.7 Å². The molecule has 3 aromatic rings. The van der Waals surface area contributed by atoms with Crippen LogP contribution in [0, 0.1) is 0 Å². The molecule has 3 nitrogen and oxygen atoms in total. The van der Waals surface area contributed by atoms with Gasteiger partial charge < -0.3 is 9.64 Å². The fourth-order valence-electron chi connectivity index (χ4n) is 3.88. The summed E-state index contributed by atoms with van der Waals surface area (Å²) in [6.45, 7) is 1.51. The lowest BCUT2D eigenvalue weighted by molar-refractivity contribution is -0.127. The molecule has 1 unspecified atom stereocenters. The first-order valence-electron chi connectivity index (χ1n) is 9.14. The summed E-state index contributed by atoms with van der Waals surface area (Å²) in [5.41, 5.74) is 3.56. The van der Waals surface area contributed by atoms with Crippen LogP contribution in [0.4, 0.5) is 0 Å². The van der Waals surface area contributed by atoms with Gasteiger partial charge in [0.05, 0.1) is 12.6 Å². The van der Waals surface area contributed by atoms with E-state index in [1.807, 2.05) is 23.1 Å². The van der Waals surface area contributed by atoms with E-state index in [-0.39, 0.29) is 11.9 Å². The Bertz CT molecular complexity index is 1000. The molecular weight excluding hydrogens is 374 g/mol. The predicted molar refractivity (Wildman–Crippen MR) is 111 cm³/mol. The van der Waals surface area contributed by atoms with Crippen molar-refractivity contribution in [1.82, 2.24) is 4.90 Å². The Balaban J connectivity index is 1.42. The third kappa shape index (κ3) is 3.11. The molecule has 0 saturated carbocycles. The summed E-state index contributed by atoms with van der Waals surface area (Å²) in [5.74, 6) is 1.04. The molecule has 5 rings (SSSR count). The van der Waals surface area contributed by atoms with Gasteiger partial charge in [-0.25, -0.2) is 0 Å².